The van der Waals surface area contributed by atoms with E-state index in [4.69, 9.17) is 23.1 Å². The van der Waals surface area contributed by atoms with Crippen LogP contribution in [0.3, 0.4) is 0 Å². The van der Waals surface area contributed by atoms with E-state index in [1.807, 2.05) is 12.1 Å². The molecule has 1 aromatic rings. The highest BCUT2D eigenvalue weighted by Gasteiger charge is 1.97. The lowest BCUT2D eigenvalue weighted by Gasteiger charge is -2.02. The van der Waals surface area contributed by atoms with Crippen LogP contribution < -0.4 is 11.5 Å². The third-order valence-corrected chi connectivity index (χ3v) is 1.84. The second kappa shape index (κ2) is 3.60. The molecular formula is C8H11ClN2. The van der Waals surface area contributed by atoms with Gasteiger partial charge in [-0.3, -0.25) is 0 Å². The number of rotatable bonds is 2. The molecule has 0 aromatic heterocycles. The Hall–Kier alpha value is -0.730. The molecule has 1 rings (SSSR count). The summed E-state index contributed by atoms with van der Waals surface area (Å²) in [7, 11) is 0. The third-order valence-electron chi connectivity index (χ3n) is 1.49. The van der Waals surface area contributed by atoms with E-state index in [2.05, 4.69) is 0 Å². The van der Waals surface area contributed by atoms with Crippen LogP contribution in [0.2, 0.25) is 5.02 Å². The molecule has 0 bridgehead atoms. The van der Waals surface area contributed by atoms with Crippen LogP contribution in [0.4, 0.5) is 5.69 Å². The second-order valence-electron chi connectivity index (χ2n) is 2.39. The number of hydrogen-bond donors (Lipinski definition) is 2. The fraction of sp³-hybridized carbons (Fsp3) is 0.250. The van der Waals surface area contributed by atoms with Crippen LogP contribution >= 0.6 is 11.6 Å². The van der Waals surface area contributed by atoms with Gasteiger partial charge in [0.25, 0.3) is 0 Å². The summed E-state index contributed by atoms with van der Waals surface area (Å²) < 4.78 is 0. The summed E-state index contributed by atoms with van der Waals surface area (Å²) in [6.45, 7) is 0.615. The maximum absolute atomic E-state index is 5.87. The molecule has 0 fully saturated rings. The van der Waals surface area contributed by atoms with Gasteiger partial charge in [0.05, 0.1) is 0 Å². The van der Waals surface area contributed by atoms with Gasteiger partial charge in [-0.1, -0.05) is 17.7 Å². The van der Waals surface area contributed by atoms with Crippen molar-refractivity contribution in [2.24, 2.45) is 5.73 Å². The lowest BCUT2D eigenvalue weighted by molar-refractivity contribution is 0.969. The first-order valence-electron chi connectivity index (χ1n) is 3.48. The minimum Gasteiger partial charge on any atom is -0.399 e. The fourth-order valence-electron chi connectivity index (χ4n) is 0.922. The number of benzene rings is 1. The predicted molar refractivity (Wildman–Crippen MR) is 48.6 cm³/mol. The minimum absolute atomic E-state index is 0.615. The van der Waals surface area contributed by atoms with E-state index in [0.717, 1.165) is 12.0 Å². The minimum atomic E-state index is 0.615. The Labute approximate surface area is 71.1 Å². The number of nitrogens with two attached hydrogens (primary N) is 2. The zero-order chi connectivity index (χ0) is 8.27. The molecule has 0 saturated carbocycles. The van der Waals surface area contributed by atoms with Crippen molar-refractivity contribution in [2.75, 3.05) is 12.3 Å². The molecule has 3 heteroatoms. The smallest absolute Gasteiger partial charge is 0.0458 e. The summed E-state index contributed by atoms with van der Waals surface area (Å²) in [4.78, 5) is 0. The first-order chi connectivity index (χ1) is 5.24. The average molecular weight is 171 g/mol. The summed E-state index contributed by atoms with van der Waals surface area (Å²) in [6.07, 6.45) is 0.805. The molecule has 11 heavy (non-hydrogen) atoms. The van der Waals surface area contributed by atoms with Crippen LogP contribution in [0.1, 0.15) is 5.56 Å². The SMILES string of the molecule is NCCc1ccc(N)cc1Cl. The Morgan fingerprint density at radius 3 is 2.64 bits per heavy atom. The zero-order valence-electron chi connectivity index (χ0n) is 6.18. The maximum Gasteiger partial charge on any atom is 0.0458 e. The summed E-state index contributed by atoms with van der Waals surface area (Å²) in [6, 6.07) is 5.48. The maximum atomic E-state index is 5.87. The van der Waals surface area contributed by atoms with E-state index in [1.54, 1.807) is 6.07 Å². The molecule has 0 aliphatic rings. The van der Waals surface area contributed by atoms with Crippen LogP contribution in [0, 0.1) is 0 Å². The number of anilines is 1. The zero-order valence-corrected chi connectivity index (χ0v) is 6.93. The third kappa shape index (κ3) is 2.10. The molecular weight excluding hydrogens is 160 g/mol. The van der Waals surface area contributed by atoms with Crippen molar-refractivity contribution in [3.63, 3.8) is 0 Å². The standard InChI is InChI=1S/C8H11ClN2/c9-8-5-7(11)2-1-6(8)3-4-10/h1-2,5H,3-4,10-11H2. The van der Waals surface area contributed by atoms with Gasteiger partial charge in [0.2, 0.25) is 0 Å². The Morgan fingerprint density at radius 2 is 2.09 bits per heavy atom. The van der Waals surface area contributed by atoms with Gasteiger partial charge in [-0.2, -0.15) is 0 Å². The fourth-order valence-corrected chi connectivity index (χ4v) is 1.21. The molecule has 0 heterocycles. The number of nitrogen functional groups attached to an aromatic ring is 1. The Bertz CT molecular complexity index is 248. The molecule has 0 atom stereocenters. The summed E-state index contributed by atoms with van der Waals surface area (Å²) in [5, 5.41) is 0.704. The van der Waals surface area contributed by atoms with Crippen molar-refractivity contribution in [1.29, 1.82) is 0 Å². The number of halogens is 1. The first kappa shape index (κ1) is 8.37. The first-order valence-corrected chi connectivity index (χ1v) is 3.86. The van der Waals surface area contributed by atoms with Crippen molar-refractivity contribution in [1.82, 2.24) is 0 Å². The molecule has 0 aliphatic heterocycles. The van der Waals surface area contributed by atoms with Crippen molar-refractivity contribution in [3.8, 4) is 0 Å². The molecule has 0 unspecified atom stereocenters. The highest BCUT2D eigenvalue weighted by molar-refractivity contribution is 6.31. The van der Waals surface area contributed by atoms with Crippen molar-refractivity contribution in [2.45, 2.75) is 6.42 Å². The van der Waals surface area contributed by atoms with E-state index in [9.17, 15) is 0 Å². The monoisotopic (exact) mass is 170 g/mol. The molecule has 4 N–H and O–H groups in total. The molecule has 0 spiro atoms. The molecule has 60 valence electrons. The van der Waals surface area contributed by atoms with Gasteiger partial charge in [0, 0.05) is 10.7 Å². The van der Waals surface area contributed by atoms with E-state index >= 15 is 0 Å². The Balaban J connectivity index is 2.90. The van der Waals surface area contributed by atoms with E-state index in [0.29, 0.717) is 17.3 Å². The van der Waals surface area contributed by atoms with Crippen LogP contribution in [0.25, 0.3) is 0 Å². The second-order valence-corrected chi connectivity index (χ2v) is 2.80. The van der Waals surface area contributed by atoms with Gasteiger partial charge < -0.3 is 11.5 Å². The van der Waals surface area contributed by atoms with Crippen LogP contribution in [0.5, 0.6) is 0 Å². The van der Waals surface area contributed by atoms with E-state index < -0.39 is 0 Å². The Morgan fingerprint density at radius 1 is 1.36 bits per heavy atom. The summed E-state index contributed by atoms with van der Waals surface area (Å²) in [5.41, 5.74) is 12.6. The molecule has 2 nitrogen and oxygen atoms in total. The molecule has 0 aliphatic carbocycles. The number of hydrogen-bond acceptors (Lipinski definition) is 2. The summed E-state index contributed by atoms with van der Waals surface area (Å²) in [5.74, 6) is 0. The van der Waals surface area contributed by atoms with Crippen LogP contribution in [0.15, 0.2) is 18.2 Å². The van der Waals surface area contributed by atoms with Crippen molar-refractivity contribution >= 4 is 17.3 Å². The molecule has 1 aromatic carbocycles. The highest BCUT2D eigenvalue weighted by Crippen LogP contribution is 2.18. The topological polar surface area (TPSA) is 52.0 Å². The summed E-state index contributed by atoms with van der Waals surface area (Å²) >= 11 is 5.87. The van der Waals surface area contributed by atoms with Crippen LogP contribution in [-0.4, -0.2) is 6.54 Å². The van der Waals surface area contributed by atoms with Gasteiger partial charge in [0.15, 0.2) is 0 Å². The van der Waals surface area contributed by atoms with Gasteiger partial charge in [-0.15, -0.1) is 0 Å². The molecule has 0 radical (unpaired) electrons. The molecule has 0 saturated heterocycles. The largest absolute Gasteiger partial charge is 0.399 e. The Kier molecular flexibility index (Phi) is 2.74. The quantitative estimate of drug-likeness (QED) is 0.660. The van der Waals surface area contributed by atoms with Crippen molar-refractivity contribution in [3.05, 3.63) is 28.8 Å². The van der Waals surface area contributed by atoms with Crippen LogP contribution in [-0.2, 0) is 6.42 Å². The van der Waals surface area contributed by atoms with Gasteiger partial charge >= 0.3 is 0 Å². The van der Waals surface area contributed by atoms with Gasteiger partial charge in [-0.25, -0.2) is 0 Å². The predicted octanol–water partition coefficient (Wildman–Crippen LogP) is 1.42. The van der Waals surface area contributed by atoms with Crippen molar-refractivity contribution < 1.29 is 0 Å². The highest BCUT2D eigenvalue weighted by atomic mass is 35.5. The van der Waals surface area contributed by atoms with Gasteiger partial charge in [-0.05, 0) is 30.7 Å². The molecule has 0 amide bonds. The normalized spacial score (nSPS) is 10.0. The lowest BCUT2D eigenvalue weighted by atomic mass is 10.1. The van der Waals surface area contributed by atoms with Gasteiger partial charge in [0.1, 0.15) is 0 Å². The van der Waals surface area contributed by atoms with E-state index in [-0.39, 0.29) is 0 Å². The lowest BCUT2D eigenvalue weighted by Crippen LogP contribution is -2.03. The van der Waals surface area contributed by atoms with E-state index in [1.165, 1.54) is 0 Å². The average Bonchev–Trinajstić information content (AvgIpc) is 1.95.